The van der Waals surface area contributed by atoms with Crippen molar-refractivity contribution in [1.29, 1.82) is 0 Å². The fourth-order valence-electron chi connectivity index (χ4n) is 4.40. The zero-order valence-electron chi connectivity index (χ0n) is 13.2. The van der Waals surface area contributed by atoms with E-state index in [-0.39, 0.29) is 18.5 Å². The first-order valence-corrected chi connectivity index (χ1v) is 8.49. The van der Waals surface area contributed by atoms with Crippen LogP contribution < -0.4 is 5.32 Å². The molecule has 1 heterocycles. The number of β-amino-alcohol motifs (C(OH)–C–C–N with tert-alkyl or cyclic N) is 1. The number of aliphatic hydroxyl groups is 1. The SMILES string of the molecule is O=C1N[C@]2(CCc3ccccc32)C(=O)N1CC1(O)CCCCC1. The molecule has 3 aliphatic rings. The Morgan fingerprint density at radius 3 is 2.61 bits per heavy atom. The first kappa shape index (κ1) is 14.7. The van der Waals surface area contributed by atoms with Gasteiger partial charge >= 0.3 is 6.03 Å². The summed E-state index contributed by atoms with van der Waals surface area (Å²) in [6.07, 6.45) is 5.73. The van der Waals surface area contributed by atoms with Crippen LogP contribution in [0, 0.1) is 0 Å². The topological polar surface area (TPSA) is 69.6 Å². The summed E-state index contributed by atoms with van der Waals surface area (Å²) in [5, 5.41) is 13.6. The summed E-state index contributed by atoms with van der Waals surface area (Å²) in [4.78, 5) is 26.7. The average molecular weight is 314 g/mol. The number of amides is 3. The molecule has 1 aromatic carbocycles. The number of rotatable bonds is 2. The van der Waals surface area contributed by atoms with E-state index in [0.717, 1.165) is 36.8 Å². The van der Waals surface area contributed by atoms with Gasteiger partial charge in [-0.25, -0.2) is 4.79 Å². The van der Waals surface area contributed by atoms with Crippen molar-refractivity contribution in [1.82, 2.24) is 10.2 Å². The summed E-state index contributed by atoms with van der Waals surface area (Å²) in [6, 6.07) is 7.44. The zero-order valence-corrected chi connectivity index (χ0v) is 13.2. The lowest BCUT2D eigenvalue weighted by molar-refractivity contribution is -0.134. The van der Waals surface area contributed by atoms with Crippen molar-refractivity contribution in [2.24, 2.45) is 0 Å². The summed E-state index contributed by atoms with van der Waals surface area (Å²) in [5.74, 6) is -0.202. The number of urea groups is 1. The van der Waals surface area contributed by atoms with E-state index in [1.165, 1.54) is 4.90 Å². The van der Waals surface area contributed by atoms with Gasteiger partial charge in [-0.2, -0.15) is 0 Å². The van der Waals surface area contributed by atoms with Gasteiger partial charge in [-0.05, 0) is 36.8 Å². The maximum atomic E-state index is 13.1. The molecule has 2 aliphatic carbocycles. The Labute approximate surface area is 135 Å². The number of benzene rings is 1. The van der Waals surface area contributed by atoms with E-state index in [1.807, 2.05) is 24.3 Å². The Kier molecular flexibility index (Phi) is 3.23. The molecule has 4 rings (SSSR count). The van der Waals surface area contributed by atoms with Crippen molar-refractivity contribution in [3.8, 4) is 0 Å². The van der Waals surface area contributed by atoms with Gasteiger partial charge in [0.2, 0.25) is 0 Å². The summed E-state index contributed by atoms with van der Waals surface area (Å²) >= 11 is 0. The molecule has 5 nitrogen and oxygen atoms in total. The number of nitrogens with zero attached hydrogens (tertiary/aromatic N) is 1. The maximum absolute atomic E-state index is 13.1. The molecule has 0 radical (unpaired) electrons. The molecular weight excluding hydrogens is 292 g/mol. The van der Waals surface area contributed by atoms with Crippen molar-refractivity contribution in [3.63, 3.8) is 0 Å². The van der Waals surface area contributed by atoms with Gasteiger partial charge in [0.05, 0.1) is 12.1 Å². The minimum atomic E-state index is -0.922. The Bertz CT molecular complexity index is 666. The second-order valence-corrected chi connectivity index (χ2v) is 7.17. The number of carbonyl (C=O) groups is 2. The highest BCUT2D eigenvalue weighted by Gasteiger charge is 2.56. The van der Waals surface area contributed by atoms with Gasteiger partial charge in [-0.15, -0.1) is 0 Å². The van der Waals surface area contributed by atoms with Crippen LogP contribution in [0.3, 0.4) is 0 Å². The van der Waals surface area contributed by atoms with Gasteiger partial charge in [-0.3, -0.25) is 9.69 Å². The van der Waals surface area contributed by atoms with E-state index >= 15 is 0 Å². The number of nitrogens with one attached hydrogen (secondary N) is 1. The molecule has 1 spiro atoms. The fourth-order valence-corrected chi connectivity index (χ4v) is 4.40. The quantitative estimate of drug-likeness (QED) is 0.821. The molecule has 3 amide bonds. The number of hydrogen-bond acceptors (Lipinski definition) is 3. The molecule has 1 aromatic rings. The van der Waals surface area contributed by atoms with Gasteiger partial charge in [0.15, 0.2) is 0 Å². The molecule has 122 valence electrons. The standard InChI is InChI=1S/C18H22N2O3/c21-15-18(11-8-13-6-2-3-7-14(13)18)19-16(22)20(15)12-17(23)9-4-1-5-10-17/h2-3,6-7,23H,1,4-5,8-12H2,(H,19,22)/t18-/m0/s1. The molecule has 0 unspecified atom stereocenters. The summed E-state index contributed by atoms with van der Waals surface area (Å²) in [7, 11) is 0. The number of carbonyl (C=O) groups excluding carboxylic acids is 2. The molecule has 2 fully saturated rings. The minimum absolute atomic E-state index is 0.113. The van der Waals surface area contributed by atoms with Crippen LogP contribution in [0.1, 0.15) is 49.7 Å². The second kappa shape index (κ2) is 5.06. The Morgan fingerprint density at radius 2 is 1.83 bits per heavy atom. The lowest BCUT2D eigenvalue weighted by atomic mass is 9.84. The van der Waals surface area contributed by atoms with Crippen molar-refractivity contribution in [2.45, 2.75) is 56.1 Å². The zero-order chi connectivity index (χ0) is 16.1. The Morgan fingerprint density at radius 1 is 1.09 bits per heavy atom. The summed E-state index contributed by atoms with van der Waals surface area (Å²) in [6.45, 7) is 0.113. The van der Waals surface area contributed by atoms with Crippen LogP contribution >= 0.6 is 0 Å². The molecule has 0 bridgehead atoms. The van der Waals surface area contributed by atoms with Crippen molar-refractivity contribution < 1.29 is 14.7 Å². The molecule has 0 aromatic heterocycles. The summed E-state index contributed by atoms with van der Waals surface area (Å²) < 4.78 is 0. The first-order chi connectivity index (χ1) is 11.0. The van der Waals surface area contributed by atoms with E-state index in [9.17, 15) is 14.7 Å². The first-order valence-electron chi connectivity index (χ1n) is 8.49. The summed E-state index contributed by atoms with van der Waals surface area (Å²) in [5.41, 5.74) is 0.198. The van der Waals surface area contributed by atoms with E-state index in [2.05, 4.69) is 5.32 Å². The van der Waals surface area contributed by atoms with Crippen LogP contribution in [0.4, 0.5) is 4.79 Å². The predicted octanol–water partition coefficient (Wildman–Crippen LogP) is 2.08. The third kappa shape index (κ3) is 2.17. The van der Waals surface area contributed by atoms with E-state index < -0.39 is 11.1 Å². The monoisotopic (exact) mass is 314 g/mol. The van der Waals surface area contributed by atoms with Crippen LogP contribution in [0.5, 0.6) is 0 Å². The van der Waals surface area contributed by atoms with Crippen molar-refractivity contribution in [3.05, 3.63) is 35.4 Å². The van der Waals surface area contributed by atoms with Crippen LogP contribution in [-0.2, 0) is 16.8 Å². The van der Waals surface area contributed by atoms with Crippen LogP contribution in [0.25, 0.3) is 0 Å². The normalized spacial score (nSPS) is 29.0. The van der Waals surface area contributed by atoms with Gasteiger partial charge < -0.3 is 10.4 Å². The minimum Gasteiger partial charge on any atom is -0.388 e. The van der Waals surface area contributed by atoms with Gasteiger partial charge in [0, 0.05) is 0 Å². The van der Waals surface area contributed by atoms with Crippen molar-refractivity contribution in [2.75, 3.05) is 6.54 Å². The highest BCUT2D eigenvalue weighted by molar-refractivity contribution is 6.08. The van der Waals surface area contributed by atoms with Gasteiger partial charge in [-0.1, -0.05) is 43.5 Å². The van der Waals surface area contributed by atoms with Crippen LogP contribution in [0.15, 0.2) is 24.3 Å². The maximum Gasteiger partial charge on any atom is 0.325 e. The molecule has 2 N–H and O–H groups in total. The lowest BCUT2D eigenvalue weighted by Gasteiger charge is -2.34. The predicted molar refractivity (Wildman–Crippen MR) is 84.7 cm³/mol. The van der Waals surface area contributed by atoms with Crippen LogP contribution in [0.2, 0.25) is 0 Å². The molecule has 5 heteroatoms. The largest absolute Gasteiger partial charge is 0.388 e. The number of fused-ring (bicyclic) bond motifs is 2. The second-order valence-electron chi connectivity index (χ2n) is 7.17. The Hall–Kier alpha value is -1.88. The van der Waals surface area contributed by atoms with Gasteiger partial charge in [0.25, 0.3) is 5.91 Å². The fraction of sp³-hybridized carbons (Fsp3) is 0.556. The molecule has 1 aliphatic heterocycles. The number of aryl methyl sites for hydroxylation is 1. The number of imide groups is 1. The molecule has 1 saturated heterocycles. The lowest BCUT2D eigenvalue weighted by Crippen LogP contribution is -2.48. The molecular formula is C18H22N2O3. The molecule has 1 atom stereocenters. The highest BCUT2D eigenvalue weighted by Crippen LogP contribution is 2.42. The third-order valence-corrected chi connectivity index (χ3v) is 5.66. The average Bonchev–Trinajstić information content (AvgIpc) is 3.03. The van der Waals surface area contributed by atoms with Crippen molar-refractivity contribution >= 4 is 11.9 Å². The highest BCUT2D eigenvalue weighted by atomic mass is 16.3. The van der Waals surface area contributed by atoms with E-state index in [0.29, 0.717) is 19.3 Å². The third-order valence-electron chi connectivity index (χ3n) is 5.66. The smallest absolute Gasteiger partial charge is 0.325 e. The van der Waals surface area contributed by atoms with Gasteiger partial charge in [0.1, 0.15) is 5.54 Å². The van der Waals surface area contributed by atoms with E-state index in [4.69, 9.17) is 0 Å². The van der Waals surface area contributed by atoms with Crippen LogP contribution in [-0.4, -0.2) is 34.1 Å². The molecule has 1 saturated carbocycles. The number of hydrogen-bond donors (Lipinski definition) is 2. The Balaban J connectivity index is 1.63. The van der Waals surface area contributed by atoms with E-state index in [1.54, 1.807) is 0 Å². The molecule has 23 heavy (non-hydrogen) atoms.